The molecule has 0 bridgehead atoms. The van der Waals surface area contributed by atoms with Gasteiger partial charge in [-0.05, 0) is 17.7 Å². The van der Waals surface area contributed by atoms with Crippen molar-refractivity contribution in [3.63, 3.8) is 0 Å². The molecule has 0 fully saturated rings. The molecule has 3 aromatic rings. The Morgan fingerprint density at radius 2 is 1.67 bits per heavy atom. The fourth-order valence-corrected chi connectivity index (χ4v) is 2.52. The summed E-state index contributed by atoms with van der Waals surface area (Å²) in [5.74, 6) is 0.676. The third-order valence-electron chi connectivity index (χ3n) is 2.76. The lowest BCUT2D eigenvalue weighted by Gasteiger charge is -2.05. The smallest absolute Gasteiger partial charge is 0.249 e. The van der Waals surface area contributed by atoms with Gasteiger partial charge in [-0.1, -0.05) is 42.5 Å². The predicted octanol–water partition coefficient (Wildman–Crippen LogP) is 2.02. The van der Waals surface area contributed by atoms with Gasteiger partial charge < -0.3 is 4.55 Å². The second kappa shape index (κ2) is 6.51. The van der Waals surface area contributed by atoms with Crippen molar-refractivity contribution in [1.29, 1.82) is 0 Å². The van der Waals surface area contributed by atoms with Crippen molar-refractivity contribution >= 4 is 21.2 Å². The van der Waals surface area contributed by atoms with E-state index in [9.17, 15) is 13.0 Å². The molecule has 1 aromatic heterocycles. The summed E-state index contributed by atoms with van der Waals surface area (Å²) in [7, 11) is -4.13. The van der Waals surface area contributed by atoms with Gasteiger partial charge in [-0.15, -0.1) is 0 Å². The van der Waals surface area contributed by atoms with Gasteiger partial charge in [0.2, 0.25) is 5.82 Å². The average molecular weight is 304 g/mol. The summed E-state index contributed by atoms with van der Waals surface area (Å²) in [5, 5.41) is 0. The van der Waals surface area contributed by atoms with Crippen LogP contribution in [0.3, 0.4) is 0 Å². The molecule has 2 N–H and O–H groups in total. The Labute approximate surface area is 123 Å². The minimum atomic E-state index is -4.13. The van der Waals surface area contributed by atoms with Crippen LogP contribution in [0.15, 0.2) is 54.6 Å². The maximum absolute atomic E-state index is 10.2. The van der Waals surface area contributed by atoms with Crippen molar-refractivity contribution in [2.24, 2.45) is 0 Å². The molecular weight excluding hydrogens is 288 g/mol. The largest absolute Gasteiger partial charge is 0.748 e. The number of para-hydroxylation sites is 2. The van der Waals surface area contributed by atoms with Crippen molar-refractivity contribution in [1.82, 2.24) is 4.98 Å². The van der Waals surface area contributed by atoms with Crippen LogP contribution in [-0.2, 0) is 15.9 Å². The van der Waals surface area contributed by atoms with Gasteiger partial charge in [0.05, 0.1) is 15.9 Å². The highest BCUT2D eigenvalue weighted by molar-refractivity contribution is 7.84. The lowest BCUT2D eigenvalue weighted by Crippen LogP contribution is -2.01. The highest BCUT2D eigenvalue weighted by atomic mass is 32.2. The topological polar surface area (TPSA) is 87.1 Å². The van der Waals surface area contributed by atoms with E-state index >= 15 is 0 Å². The molecule has 110 valence electrons. The normalized spacial score (nSPS) is 11.0. The zero-order valence-corrected chi connectivity index (χ0v) is 12.4. The van der Waals surface area contributed by atoms with Crippen LogP contribution in [0.1, 0.15) is 11.4 Å². The number of fused-ring (bicyclic) bond motifs is 1. The summed E-state index contributed by atoms with van der Waals surface area (Å²) in [6.07, 6.45) is 0. The average Bonchev–Trinajstić information content (AvgIpc) is 2.78. The van der Waals surface area contributed by atoms with Gasteiger partial charge in [0.1, 0.15) is 0 Å². The summed E-state index contributed by atoms with van der Waals surface area (Å²) >= 11 is 0. The van der Waals surface area contributed by atoms with Gasteiger partial charge in [0.25, 0.3) is 0 Å². The quantitative estimate of drug-likeness (QED) is 0.735. The Balaban J connectivity index is 0.000000154. The zero-order valence-electron chi connectivity index (χ0n) is 11.5. The molecule has 3 rings (SSSR count). The molecule has 2 aromatic carbocycles. The number of aryl methyl sites for hydroxylation is 1. The lowest BCUT2D eigenvalue weighted by molar-refractivity contribution is -0.354. The number of hydrogen-bond acceptors (Lipinski definition) is 3. The monoisotopic (exact) mass is 304 g/mol. The molecule has 0 radical (unpaired) electrons. The third kappa shape index (κ3) is 5.02. The number of benzene rings is 2. The second-order valence-electron chi connectivity index (χ2n) is 4.61. The SMILES string of the molecule is Cc1[nH]c2ccccc2[nH+]1.O=S(=O)([O-])Cc1ccccc1. The zero-order chi connectivity index (χ0) is 15.3. The molecule has 0 spiro atoms. The maximum Gasteiger partial charge on any atom is 0.249 e. The molecule has 6 heteroatoms. The van der Waals surface area contributed by atoms with Crippen LogP contribution < -0.4 is 4.98 Å². The standard InChI is InChI=1S/C8H8N2.C7H8O3S/c1-6-9-7-4-2-3-5-8(7)10-6;8-11(9,10)6-7-4-2-1-3-5-7/h2-5H,1H3,(H,9,10);1-5H,6H2,(H,8,9,10). The Hall–Kier alpha value is -2.18. The summed E-state index contributed by atoms with van der Waals surface area (Å²) in [5.41, 5.74) is 2.86. The number of nitrogens with one attached hydrogen (secondary N) is 2. The first kappa shape index (κ1) is 15.2. The van der Waals surface area contributed by atoms with Crippen LogP contribution in [0.4, 0.5) is 0 Å². The molecule has 0 unspecified atom stereocenters. The number of aromatic nitrogens is 2. The van der Waals surface area contributed by atoms with Gasteiger partial charge in [-0.3, -0.25) is 0 Å². The van der Waals surface area contributed by atoms with E-state index in [0.29, 0.717) is 5.56 Å². The van der Waals surface area contributed by atoms with Crippen molar-refractivity contribution in [2.75, 3.05) is 0 Å². The molecule has 0 amide bonds. The Kier molecular flexibility index (Phi) is 4.72. The summed E-state index contributed by atoms with van der Waals surface area (Å²) in [4.78, 5) is 6.41. The molecular formula is C15H16N2O3S. The highest BCUT2D eigenvalue weighted by Gasteiger charge is 2.01. The Bertz CT molecular complexity index is 778. The minimum absolute atomic E-state index is 0.423. The Morgan fingerprint density at radius 3 is 2.29 bits per heavy atom. The van der Waals surface area contributed by atoms with Crippen LogP contribution in [-0.4, -0.2) is 18.0 Å². The van der Waals surface area contributed by atoms with E-state index in [2.05, 4.69) is 22.1 Å². The van der Waals surface area contributed by atoms with Crippen LogP contribution in [0.25, 0.3) is 11.0 Å². The van der Waals surface area contributed by atoms with Gasteiger partial charge >= 0.3 is 0 Å². The number of imidazole rings is 1. The molecule has 0 saturated carbocycles. The van der Waals surface area contributed by atoms with Gasteiger partial charge in [-0.25, -0.2) is 18.4 Å². The number of rotatable bonds is 2. The van der Waals surface area contributed by atoms with Crippen LogP contribution in [0.2, 0.25) is 0 Å². The molecule has 21 heavy (non-hydrogen) atoms. The van der Waals surface area contributed by atoms with E-state index in [4.69, 9.17) is 0 Å². The number of H-pyrrole nitrogens is 2. The minimum Gasteiger partial charge on any atom is -0.748 e. The van der Waals surface area contributed by atoms with Crippen molar-refractivity contribution < 1.29 is 18.0 Å². The Morgan fingerprint density at radius 1 is 1.05 bits per heavy atom. The molecule has 0 atom stereocenters. The van der Waals surface area contributed by atoms with Crippen LogP contribution in [0.5, 0.6) is 0 Å². The third-order valence-corrected chi connectivity index (χ3v) is 3.44. The molecule has 0 aliphatic carbocycles. The highest BCUT2D eigenvalue weighted by Crippen LogP contribution is 2.04. The summed E-state index contributed by atoms with van der Waals surface area (Å²) in [6.45, 7) is 2.01. The van der Waals surface area contributed by atoms with E-state index in [0.717, 1.165) is 5.82 Å². The first-order valence-electron chi connectivity index (χ1n) is 6.38. The van der Waals surface area contributed by atoms with Gasteiger partial charge in [-0.2, -0.15) is 0 Å². The van der Waals surface area contributed by atoms with E-state index in [-0.39, 0.29) is 0 Å². The molecule has 0 aliphatic rings. The summed E-state index contributed by atoms with van der Waals surface area (Å²) in [6, 6.07) is 16.5. The fourth-order valence-electron chi connectivity index (χ4n) is 1.91. The van der Waals surface area contributed by atoms with Crippen molar-refractivity contribution in [3.8, 4) is 0 Å². The van der Waals surface area contributed by atoms with Gasteiger partial charge in [0.15, 0.2) is 11.0 Å². The van der Waals surface area contributed by atoms with Crippen molar-refractivity contribution in [2.45, 2.75) is 12.7 Å². The van der Waals surface area contributed by atoms with E-state index < -0.39 is 15.9 Å². The van der Waals surface area contributed by atoms with Crippen molar-refractivity contribution in [3.05, 3.63) is 66.0 Å². The molecule has 0 saturated heterocycles. The number of aromatic amines is 2. The van der Waals surface area contributed by atoms with E-state index in [1.807, 2.05) is 19.1 Å². The van der Waals surface area contributed by atoms with E-state index in [1.165, 1.54) is 11.0 Å². The molecule has 0 aliphatic heterocycles. The van der Waals surface area contributed by atoms with E-state index in [1.54, 1.807) is 30.3 Å². The fraction of sp³-hybridized carbons (Fsp3) is 0.133. The first-order valence-corrected chi connectivity index (χ1v) is 7.96. The molecule has 1 heterocycles. The molecule has 5 nitrogen and oxygen atoms in total. The first-order chi connectivity index (χ1) is 9.94. The van der Waals surface area contributed by atoms with Crippen LogP contribution in [0, 0.1) is 6.92 Å². The number of hydrogen-bond donors (Lipinski definition) is 1. The lowest BCUT2D eigenvalue weighted by atomic mass is 10.2. The second-order valence-corrected chi connectivity index (χ2v) is 6.01. The van der Waals surface area contributed by atoms with Gasteiger partial charge in [0, 0.05) is 6.92 Å². The predicted molar refractivity (Wildman–Crippen MR) is 79.4 cm³/mol. The summed E-state index contributed by atoms with van der Waals surface area (Å²) < 4.78 is 30.7. The maximum atomic E-state index is 10.2. The van der Waals surface area contributed by atoms with Crippen LogP contribution >= 0.6 is 0 Å².